The summed E-state index contributed by atoms with van der Waals surface area (Å²) in [7, 11) is 0. The van der Waals surface area contributed by atoms with Gasteiger partial charge in [0, 0.05) is 34.6 Å². The van der Waals surface area contributed by atoms with Crippen LogP contribution in [0.5, 0.6) is 0 Å². The molecule has 0 aliphatic carbocycles. The van der Waals surface area contributed by atoms with E-state index in [1.807, 2.05) is 30.3 Å². The Labute approximate surface area is 176 Å². The molecular weight excluding hydrogens is 396 g/mol. The number of rotatable bonds is 4. The third-order valence-corrected chi connectivity index (χ3v) is 5.38. The highest BCUT2D eigenvalue weighted by Gasteiger charge is 2.23. The molecule has 0 spiro atoms. The van der Waals surface area contributed by atoms with Crippen LogP contribution < -0.4 is 5.73 Å². The van der Waals surface area contributed by atoms with Gasteiger partial charge in [0.25, 0.3) is 5.91 Å². The number of hydrogen-bond acceptors (Lipinski definition) is 2. The summed E-state index contributed by atoms with van der Waals surface area (Å²) >= 11 is 0. The van der Waals surface area contributed by atoms with Crippen LogP contribution in [-0.2, 0) is 6.54 Å². The summed E-state index contributed by atoms with van der Waals surface area (Å²) in [6.45, 7) is 0.212. The summed E-state index contributed by atoms with van der Waals surface area (Å²) in [5.74, 6) is -1.45. The Morgan fingerprint density at radius 1 is 0.935 bits per heavy atom. The van der Waals surface area contributed by atoms with E-state index in [1.54, 1.807) is 29.0 Å². The van der Waals surface area contributed by atoms with Crippen molar-refractivity contribution in [1.29, 1.82) is 0 Å². The maximum absolute atomic E-state index is 14.2. The van der Waals surface area contributed by atoms with Gasteiger partial charge in [-0.05, 0) is 53.6 Å². The summed E-state index contributed by atoms with van der Waals surface area (Å²) in [6.07, 6.45) is 1.69. The van der Waals surface area contributed by atoms with Crippen LogP contribution in [0.3, 0.4) is 0 Å². The molecule has 3 aromatic carbocycles. The molecule has 0 saturated carbocycles. The first-order chi connectivity index (χ1) is 15.0. The van der Waals surface area contributed by atoms with Crippen LogP contribution in [0.2, 0.25) is 0 Å². The SMILES string of the molecule is NC(=O)c1c(-c2ccc3cccnc3c2)c2cc(F)ccc2n1Cc1cccc(F)c1. The highest BCUT2D eigenvalue weighted by Crippen LogP contribution is 2.37. The van der Waals surface area contributed by atoms with Crippen molar-refractivity contribution in [3.05, 3.63) is 102 Å². The van der Waals surface area contributed by atoms with Gasteiger partial charge in [-0.2, -0.15) is 0 Å². The van der Waals surface area contributed by atoms with Crippen molar-refractivity contribution in [3.8, 4) is 11.1 Å². The molecule has 2 heterocycles. The molecule has 152 valence electrons. The summed E-state index contributed by atoms with van der Waals surface area (Å²) in [4.78, 5) is 17.0. The van der Waals surface area contributed by atoms with E-state index in [9.17, 15) is 13.6 Å². The van der Waals surface area contributed by atoms with Gasteiger partial charge in [0.05, 0.1) is 5.52 Å². The van der Waals surface area contributed by atoms with E-state index >= 15 is 0 Å². The average molecular weight is 413 g/mol. The third-order valence-electron chi connectivity index (χ3n) is 5.38. The monoisotopic (exact) mass is 413 g/mol. The molecule has 6 heteroatoms. The zero-order valence-electron chi connectivity index (χ0n) is 16.3. The average Bonchev–Trinajstić information content (AvgIpc) is 3.07. The molecule has 0 saturated heterocycles. The lowest BCUT2D eigenvalue weighted by Crippen LogP contribution is -2.18. The maximum Gasteiger partial charge on any atom is 0.266 e. The largest absolute Gasteiger partial charge is 0.364 e. The molecule has 5 rings (SSSR count). The number of pyridine rings is 1. The van der Waals surface area contributed by atoms with Crippen molar-refractivity contribution in [1.82, 2.24) is 9.55 Å². The molecule has 0 atom stereocenters. The third kappa shape index (κ3) is 3.32. The van der Waals surface area contributed by atoms with Crippen LogP contribution in [0.25, 0.3) is 32.9 Å². The quantitative estimate of drug-likeness (QED) is 0.436. The first-order valence-electron chi connectivity index (χ1n) is 9.72. The summed E-state index contributed by atoms with van der Waals surface area (Å²) in [6, 6.07) is 19.9. The van der Waals surface area contributed by atoms with Crippen LogP contribution in [0.15, 0.2) is 79.0 Å². The van der Waals surface area contributed by atoms with E-state index in [0.717, 1.165) is 10.9 Å². The van der Waals surface area contributed by atoms with Gasteiger partial charge < -0.3 is 10.3 Å². The molecule has 0 aliphatic heterocycles. The Morgan fingerprint density at radius 3 is 2.58 bits per heavy atom. The summed E-state index contributed by atoms with van der Waals surface area (Å²) in [5.41, 5.74) is 9.32. The maximum atomic E-state index is 14.2. The van der Waals surface area contributed by atoms with Gasteiger partial charge in [0.2, 0.25) is 0 Å². The second-order valence-electron chi connectivity index (χ2n) is 7.38. The van der Waals surface area contributed by atoms with Gasteiger partial charge in [-0.1, -0.05) is 30.3 Å². The van der Waals surface area contributed by atoms with E-state index in [1.165, 1.54) is 24.3 Å². The first-order valence-corrected chi connectivity index (χ1v) is 9.72. The van der Waals surface area contributed by atoms with Crippen LogP contribution in [0.4, 0.5) is 8.78 Å². The van der Waals surface area contributed by atoms with E-state index in [-0.39, 0.29) is 18.1 Å². The number of carbonyl (C=O) groups excluding carboxylic acids is 1. The minimum atomic E-state index is -0.649. The number of halogens is 2. The predicted molar refractivity (Wildman–Crippen MR) is 117 cm³/mol. The number of carbonyl (C=O) groups is 1. The van der Waals surface area contributed by atoms with E-state index in [4.69, 9.17) is 5.73 Å². The zero-order chi connectivity index (χ0) is 21.5. The van der Waals surface area contributed by atoms with Crippen molar-refractivity contribution >= 4 is 27.7 Å². The molecule has 5 aromatic rings. The van der Waals surface area contributed by atoms with Crippen LogP contribution in [-0.4, -0.2) is 15.5 Å². The second kappa shape index (κ2) is 7.32. The molecule has 0 bridgehead atoms. The Hall–Kier alpha value is -4.06. The zero-order valence-corrected chi connectivity index (χ0v) is 16.3. The number of amides is 1. The molecule has 2 N–H and O–H groups in total. The van der Waals surface area contributed by atoms with Crippen molar-refractivity contribution in [2.75, 3.05) is 0 Å². The molecule has 4 nitrogen and oxygen atoms in total. The molecule has 0 radical (unpaired) electrons. The van der Waals surface area contributed by atoms with E-state index < -0.39 is 11.7 Å². The fraction of sp³-hybridized carbons (Fsp3) is 0.0400. The predicted octanol–water partition coefficient (Wildman–Crippen LogP) is 5.28. The summed E-state index contributed by atoms with van der Waals surface area (Å²) < 4.78 is 29.7. The van der Waals surface area contributed by atoms with Crippen molar-refractivity contribution in [3.63, 3.8) is 0 Å². The number of hydrogen-bond donors (Lipinski definition) is 1. The van der Waals surface area contributed by atoms with Gasteiger partial charge in [0.1, 0.15) is 17.3 Å². The smallest absolute Gasteiger partial charge is 0.266 e. The van der Waals surface area contributed by atoms with Crippen LogP contribution in [0, 0.1) is 11.6 Å². The lowest BCUT2D eigenvalue weighted by atomic mass is 10.00. The van der Waals surface area contributed by atoms with Gasteiger partial charge in [-0.3, -0.25) is 9.78 Å². The normalized spacial score (nSPS) is 11.3. The Kier molecular flexibility index (Phi) is 4.47. The van der Waals surface area contributed by atoms with Crippen molar-refractivity contribution in [2.45, 2.75) is 6.54 Å². The molecule has 0 fully saturated rings. The number of nitrogens with two attached hydrogens (primary N) is 1. The van der Waals surface area contributed by atoms with Gasteiger partial charge in [-0.15, -0.1) is 0 Å². The highest BCUT2D eigenvalue weighted by atomic mass is 19.1. The van der Waals surface area contributed by atoms with Gasteiger partial charge >= 0.3 is 0 Å². The minimum Gasteiger partial charge on any atom is -0.364 e. The second-order valence-corrected chi connectivity index (χ2v) is 7.38. The lowest BCUT2D eigenvalue weighted by molar-refractivity contribution is 0.0993. The van der Waals surface area contributed by atoms with Gasteiger partial charge in [-0.25, -0.2) is 8.78 Å². The Balaban J connectivity index is 1.81. The number of nitrogens with zero attached hydrogens (tertiary/aromatic N) is 2. The standard InChI is InChI=1S/C25H17F2N3O/c26-18-5-1-3-15(11-18)14-30-22-9-8-19(27)13-20(22)23(24(30)25(28)31)17-7-6-16-4-2-10-29-21(16)12-17/h1-13H,14H2,(H2,28,31). The molecule has 1 amide bonds. The van der Waals surface area contributed by atoms with Gasteiger partial charge in [0.15, 0.2) is 0 Å². The topological polar surface area (TPSA) is 60.9 Å². The van der Waals surface area contributed by atoms with Crippen molar-refractivity contribution in [2.24, 2.45) is 5.73 Å². The first kappa shape index (κ1) is 18.9. The minimum absolute atomic E-state index is 0.212. The summed E-state index contributed by atoms with van der Waals surface area (Å²) in [5, 5.41) is 1.50. The molecule has 31 heavy (non-hydrogen) atoms. The molecular formula is C25H17F2N3O. The Morgan fingerprint density at radius 2 is 1.77 bits per heavy atom. The van der Waals surface area contributed by atoms with E-state index in [2.05, 4.69) is 4.98 Å². The van der Waals surface area contributed by atoms with Crippen LogP contribution in [0.1, 0.15) is 16.1 Å². The number of primary amides is 1. The molecule has 0 aliphatic rings. The van der Waals surface area contributed by atoms with Crippen molar-refractivity contribution < 1.29 is 13.6 Å². The Bertz CT molecular complexity index is 1470. The fourth-order valence-electron chi connectivity index (χ4n) is 4.08. The lowest BCUT2D eigenvalue weighted by Gasteiger charge is -2.11. The molecule has 0 unspecified atom stereocenters. The van der Waals surface area contributed by atoms with E-state index in [0.29, 0.717) is 27.6 Å². The fourth-order valence-corrected chi connectivity index (χ4v) is 4.08. The number of aromatic nitrogens is 2. The molecule has 2 aromatic heterocycles. The number of fused-ring (bicyclic) bond motifs is 2. The number of benzene rings is 3. The highest BCUT2D eigenvalue weighted by molar-refractivity contribution is 6.10. The van der Waals surface area contributed by atoms with Crippen LogP contribution >= 0.6 is 0 Å².